The summed E-state index contributed by atoms with van der Waals surface area (Å²) in [4.78, 5) is 22.2. The molecular formula is C14H11FN2O4. The van der Waals surface area contributed by atoms with Crippen molar-refractivity contribution in [3.05, 3.63) is 64.0 Å². The van der Waals surface area contributed by atoms with E-state index in [1.54, 1.807) is 0 Å². The first-order chi connectivity index (χ1) is 10.0. The molecule has 0 unspecified atom stereocenters. The SMILES string of the molecule is COc1ccc([N+](=O)[O-])cc1NC(=O)c1ccccc1F. The summed E-state index contributed by atoms with van der Waals surface area (Å²) in [5.41, 5.74) is -0.273. The lowest BCUT2D eigenvalue weighted by Gasteiger charge is -2.10. The third-order valence-electron chi connectivity index (χ3n) is 2.76. The van der Waals surface area contributed by atoms with E-state index in [1.807, 2.05) is 0 Å². The van der Waals surface area contributed by atoms with Gasteiger partial charge in [0.2, 0.25) is 0 Å². The molecule has 0 atom stereocenters. The van der Waals surface area contributed by atoms with Crippen molar-refractivity contribution in [1.29, 1.82) is 0 Å². The van der Waals surface area contributed by atoms with Gasteiger partial charge in [0.25, 0.3) is 11.6 Å². The van der Waals surface area contributed by atoms with Crippen molar-refractivity contribution in [3.63, 3.8) is 0 Å². The number of anilines is 1. The molecule has 0 saturated heterocycles. The van der Waals surface area contributed by atoms with Gasteiger partial charge >= 0.3 is 0 Å². The van der Waals surface area contributed by atoms with E-state index in [9.17, 15) is 19.3 Å². The molecule has 2 rings (SSSR count). The van der Waals surface area contributed by atoms with Crippen LogP contribution in [0.1, 0.15) is 10.4 Å². The smallest absolute Gasteiger partial charge is 0.271 e. The highest BCUT2D eigenvalue weighted by Gasteiger charge is 2.16. The van der Waals surface area contributed by atoms with Crippen molar-refractivity contribution in [2.75, 3.05) is 12.4 Å². The van der Waals surface area contributed by atoms with Crippen LogP contribution in [0.5, 0.6) is 5.75 Å². The molecule has 1 N–H and O–H groups in total. The van der Waals surface area contributed by atoms with Crippen molar-refractivity contribution in [2.24, 2.45) is 0 Å². The second-order valence-electron chi connectivity index (χ2n) is 4.08. The minimum atomic E-state index is -0.716. The number of hydrogen-bond acceptors (Lipinski definition) is 4. The molecule has 2 aromatic rings. The number of hydrogen-bond donors (Lipinski definition) is 1. The van der Waals surface area contributed by atoms with Gasteiger partial charge < -0.3 is 10.1 Å². The van der Waals surface area contributed by atoms with Crippen molar-refractivity contribution < 1.29 is 18.8 Å². The fourth-order valence-electron chi connectivity index (χ4n) is 1.74. The van der Waals surface area contributed by atoms with E-state index in [1.165, 1.54) is 37.4 Å². The molecule has 0 aliphatic carbocycles. The van der Waals surface area contributed by atoms with Crippen molar-refractivity contribution in [3.8, 4) is 5.75 Å². The highest BCUT2D eigenvalue weighted by molar-refractivity contribution is 6.05. The predicted octanol–water partition coefficient (Wildman–Crippen LogP) is 2.99. The van der Waals surface area contributed by atoms with E-state index >= 15 is 0 Å². The molecule has 0 heterocycles. The molecular weight excluding hydrogens is 279 g/mol. The molecule has 7 heteroatoms. The van der Waals surface area contributed by atoms with Gasteiger partial charge in [0, 0.05) is 12.1 Å². The number of ether oxygens (including phenoxy) is 1. The molecule has 0 radical (unpaired) electrons. The minimum Gasteiger partial charge on any atom is -0.495 e. The first kappa shape index (κ1) is 14.4. The number of nitrogens with zero attached hydrogens (tertiary/aromatic N) is 1. The van der Waals surface area contributed by atoms with Gasteiger partial charge in [-0.05, 0) is 18.2 Å². The van der Waals surface area contributed by atoms with E-state index in [4.69, 9.17) is 4.74 Å². The number of rotatable bonds is 4. The number of nitro benzene ring substituents is 1. The van der Waals surface area contributed by atoms with Crippen LogP contribution in [0.15, 0.2) is 42.5 Å². The topological polar surface area (TPSA) is 81.5 Å². The highest BCUT2D eigenvalue weighted by atomic mass is 19.1. The quantitative estimate of drug-likeness (QED) is 0.693. The Kier molecular flexibility index (Phi) is 4.13. The number of nitro groups is 1. The number of carbonyl (C=O) groups is 1. The molecule has 21 heavy (non-hydrogen) atoms. The Balaban J connectivity index is 2.34. The lowest BCUT2D eigenvalue weighted by Crippen LogP contribution is -2.14. The zero-order valence-corrected chi connectivity index (χ0v) is 11.0. The average Bonchev–Trinajstić information content (AvgIpc) is 2.47. The van der Waals surface area contributed by atoms with Crippen LogP contribution in [0.3, 0.4) is 0 Å². The molecule has 108 valence electrons. The summed E-state index contributed by atoms with van der Waals surface area (Å²) >= 11 is 0. The number of nitrogens with one attached hydrogen (secondary N) is 1. The molecule has 6 nitrogen and oxygen atoms in total. The van der Waals surface area contributed by atoms with Gasteiger partial charge in [0.05, 0.1) is 23.3 Å². The molecule has 0 spiro atoms. The summed E-state index contributed by atoms with van der Waals surface area (Å²) in [7, 11) is 1.36. The fraction of sp³-hybridized carbons (Fsp3) is 0.0714. The Hall–Kier alpha value is -2.96. The summed E-state index contributed by atoms with van der Waals surface area (Å²) in [6.45, 7) is 0. The van der Waals surface area contributed by atoms with E-state index < -0.39 is 16.6 Å². The maximum Gasteiger partial charge on any atom is 0.271 e. The predicted molar refractivity (Wildman–Crippen MR) is 74.0 cm³/mol. The van der Waals surface area contributed by atoms with E-state index in [0.717, 1.165) is 12.1 Å². The van der Waals surface area contributed by atoms with Crippen LogP contribution < -0.4 is 10.1 Å². The van der Waals surface area contributed by atoms with Crippen molar-refractivity contribution >= 4 is 17.3 Å². The number of benzene rings is 2. The Morgan fingerprint density at radius 2 is 2.00 bits per heavy atom. The van der Waals surface area contributed by atoms with Crippen LogP contribution in [0.2, 0.25) is 0 Å². The average molecular weight is 290 g/mol. The van der Waals surface area contributed by atoms with Gasteiger partial charge in [-0.2, -0.15) is 0 Å². The number of amides is 1. The summed E-state index contributed by atoms with van der Waals surface area (Å²) in [6, 6.07) is 9.20. The normalized spacial score (nSPS) is 10.0. The van der Waals surface area contributed by atoms with Crippen LogP contribution in [-0.4, -0.2) is 17.9 Å². The molecule has 0 aliphatic heterocycles. The van der Waals surface area contributed by atoms with Crippen LogP contribution in [0.4, 0.5) is 15.8 Å². The standard InChI is InChI=1S/C14H11FN2O4/c1-21-13-7-6-9(17(19)20)8-12(13)16-14(18)10-4-2-3-5-11(10)15/h2-8H,1H3,(H,16,18). The van der Waals surface area contributed by atoms with E-state index in [-0.39, 0.29) is 22.7 Å². The molecule has 1 amide bonds. The molecule has 0 saturated carbocycles. The summed E-state index contributed by atoms with van der Waals surface area (Å²) in [5.74, 6) is -1.16. The largest absolute Gasteiger partial charge is 0.495 e. The van der Waals surface area contributed by atoms with Crippen molar-refractivity contribution in [1.82, 2.24) is 0 Å². The Morgan fingerprint density at radius 1 is 1.29 bits per heavy atom. The Morgan fingerprint density at radius 3 is 2.62 bits per heavy atom. The second kappa shape index (κ2) is 6.00. The summed E-state index contributed by atoms with van der Waals surface area (Å²) < 4.78 is 18.5. The highest BCUT2D eigenvalue weighted by Crippen LogP contribution is 2.29. The lowest BCUT2D eigenvalue weighted by atomic mass is 10.2. The van der Waals surface area contributed by atoms with Gasteiger partial charge in [-0.15, -0.1) is 0 Å². The molecule has 2 aromatic carbocycles. The zero-order valence-electron chi connectivity index (χ0n) is 11.0. The van der Waals surface area contributed by atoms with Crippen LogP contribution in [-0.2, 0) is 0 Å². The van der Waals surface area contributed by atoms with Gasteiger partial charge in [-0.25, -0.2) is 4.39 Å². The first-order valence-electron chi connectivity index (χ1n) is 5.91. The fourth-order valence-corrected chi connectivity index (χ4v) is 1.74. The van der Waals surface area contributed by atoms with E-state index in [2.05, 4.69) is 5.32 Å². The number of carbonyl (C=O) groups excluding carboxylic acids is 1. The van der Waals surface area contributed by atoms with Gasteiger partial charge in [0.1, 0.15) is 11.6 Å². The Labute approximate surface area is 119 Å². The molecule has 0 aromatic heterocycles. The van der Waals surface area contributed by atoms with Gasteiger partial charge in [0.15, 0.2) is 0 Å². The third kappa shape index (κ3) is 3.14. The monoisotopic (exact) mass is 290 g/mol. The number of halogens is 1. The van der Waals surface area contributed by atoms with Crippen LogP contribution in [0, 0.1) is 15.9 Å². The second-order valence-corrected chi connectivity index (χ2v) is 4.08. The minimum absolute atomic E-state index is 0.0972. The van der Waals surface area contributed by atoms with E-state index in [0.29, 0.717) is 0 Å². The third-order valence-corrected chi connectivity index (χ3v) is 2.76. The first-order valence-corrected chi connectivity index (χ1v) is 5.91. The number of methoxy groups -OCH3 is 1. The molecule has 0 bridgehead atoms. The van der Waals surface area contributed by atoms with Crippen LogP contribution >= 0.6 is 0 Å². The summed E-state index contributed by atoms with van der Waals surface area (Å²) in [5, 5.41) is 13.2. The van der Waals surface area contributed by atoms with Crippen LogP contribution in [0.25, 0.3) is 0 Å². The zero-order chi connectivity index (χ0) is 15.4. The lowest BCUT2D eigenvalue weighted by molar-refractivity contribution is -0.384. The Bertz CT molecular complexity index is 703. The van der Waals surface area contributed by atoms with Crippen molar-refractivity contribution in [2.45, 2.75) is 0 Å². The molecule has 0 aliphatic rings. The summed E-state index contributed by atoms with van der Waals surface area (Å²) in [6.07, 6.45) is 0. The van der Waals surface area contributed by atoms with Gasteiger partial charge in [-0.1, -0.05) is 12.1 Å². The maximum absolute atomic E-state index is 13.5. The maximum atomic E-state index is 13.5. The van der Waals surface area contributed by atoms with Gasteiger partial charge in [-0.3, -0.25) is 14.9 Å². The molecule has 0 fully saturated rings. The number of non-ortho nitro benzene ring substituents is 1.